The average molecular weight is 477 g/mol. The van der Waals surface area contributed by atoms with Crippen molar-refractivity contribution >= 4 is 49.2 Å². The molecule has 0 radical (unpaired) electrons. The first-order valence-corrected chi connectivity index (χ1v) is 13.3. The highest BCUT2D eigenvalue weighted by Crippen LogP contribution is 2.29. The largest absolute Gasteiger partial charge is 0.336 e. The van der Waals surface area contributed by atoms with Gasteiger partial charge in [0.25, 0.3) is 0 Å². The van der Waals surface area contributed by atoms with Crippen LogP contribution in [-0.4, -0.2) is 59.4 Å². The first-order valence-electron chi connectivity index (χ1n) is 10.1. The van der Waals surface area contributed by atoms with Crippen LogP contribution < -0.4 is 0 Å². The number of nitrogens with zero attached hydrogens (tertiary/aromatic N) is 4. The standard InChI is InChI=1S/C21H24N4O3S3/c1-15(21-23-17-7-3-4-8-18(17)30-21)24(2)20(26)14-29-19-10-9-16(13-22-19)31(27,28)25-11-5-6-12-25/h3-4,7-10,13,15H,5-6,11-12,14H2,1-2H3/t15-/m0/s1. The summed E-state index contributed by atoms with van der Waals surface area (Å²) in [6.07, 6.45) is 3.17. The zero-order valence-electron chi connectivity index (χ0n) is 17.4. The van der Waals surface area contributed by atoms with Crippen molar-refractivity contribution in [3.8, 4) is 0 Å². The Hall–Kier alpha value is -2.01. The Morgan fingerprint density at radius 1 is 1.23 bits per heavy atom. The number of carbonyl (C=O) groups is 1. The lowest BCUT2D eigenvalue weighted by Crippen LogP contribution is -2.31. The summed E-state index contributed by atoms with van der Waals surface area (Å²) >= 11 is 2.89. The Morgan fingerprint density at radius 3 is 2.65 bits per heavy atom. The average Bonchev–Trinajstić information content (AvgIpc) is 3.47. The summed E-state index contributed by atoms with van der Waals surface area (Å²) < 4.78 is 27.8. The van der Waals surface area contributed by atoms with Crippen molar-refractivity contribution in [2.24, 2.45) is 0 Å². The fraction of sp³-hybridized carbons (Fsp3) is 0.381. The Labute approximate surface area is 190 Å². The van der Waals surface area contributed by atoms with E-state index in [1.54, 1.807) is 35.4 Å². The van der Waals surface area contributed by atoms with Crippen molar-refractivity contribution < 1.29 is 13.2 Å². The zero-order chi connectivity index (χ0) is 22.0. The Morgan fingerprint density at radius 2 is 1.97 bits per heavy atom. The van der Waals surface area contributed by atoms with Crippen molar-refractivity contribution in [3.05, 3.63) is 47.6 Å². The van der Waals surface area contributed by atoms with Gasteiger partial charge in [-0.1, -0.05) is 23.9 Å². The van der Waals surface area contributed by atoms with Crippen LogP contribution in [0.4, 0.5) is 0 Å². The predicted octanol–water partition coefficient (Wildman–Crippen LogP) is 3.79. The van der Waals surface area contributed by atoms with Crippen LogP contribution in [0.2, 0.25) is 0 Å². The van der Waals surface area contributed by atoms with E-state index in [0.29, 0.717) is 18.1 Å². The van der Waals surface area contributed by atoms with Gasteiger partial charge in [-0.2, -0.15) is 4.31 Å². The summed E-state index contributed by atoms with van der Waals surface area (Å²) in [5.41, 5.74) is 0.942. The molecule has 7 nitrogen and oxygen atoms in total. The SMILES string of the molecule is C[C@@H](c1nc2ccccc2s1)N(C)C(=O)CSc1ccc(S(=O)(=O)N2CCCC2)cn1. The van der Waals surface area contributed by atoms with Crippen molar-refractivity contribution in [1.82, 2.24) is 19.2 Å². The molecular weight excluding hydrogens is 452 g/mol. The van der Waals surface area contributed by atoms with Crippen LogP contribution in [0.25, 0.3) is 10.2 Å². The van der Waals surface area contributed by atoms with E-state index in [9.17, 15) is 13.2 Å². The van der Waals surface area contributed by atoms with Crippen LogP contribution in [0.15, 0.2) is 52.5 Å². The van der Waals surface area contributed by atoms with Gasteiger partial charge in [0.15, 0.2) is 0 Å². The van der Waals surface area contributed by atoms with Crippen LogP contribution in [0.3, 0.4) is 0 Å². The highest BCUT2D eigenvalue weighted by molar-refractivity contribution is 7.99. The minimum Gasteiger partial charge on any atom is -0.336 e. The zero-order valence-corrected chi connectivity index (χ0v) is 19.8. The maximum Gasteiger partial charge on any atom is 0.244 e. The summed E-state index contributed by atoms with van der Waals surface area (Å²) in [7, 11) is -1.70. The van der Waals surface area contributed by atoms with Gasteiger partial charge in [-0.3, -0.25) is 4.79 Å². The summed E-state index contributed by atoms with van der Waals surface area (Å²) in [5, 5.41) is 1.52. The molecule has 1 aliphatic rings. The highest BCUT2D eigenvalue weighted by Gasteiger charge is 2.27. The number of benzene rings is 1. The maximum absolute atomic E-state index is 12.7. The summed E-state index contributed by atoms with van der Waals surface area (Å²) in [6.45, 7) is 3.09. The summed E-state index contributed by atoms with van der Waals surface area (Å²) in [5.74, 6) is 0.184. The molecule has 0 bridgehead atoms. The second-order valence-corrected chi connectivity index (χ2v) is 11.4. The molecule has 2 aromatic heterocycles. The number of aromatic nitrogens is 2. The number of pyridine rings is 1. The molecule has 1 fully saturated rings. The van der Waals surface area contributed by atoms with Crippen LogP contribution in [0.1, 0.15) is 30.8 Å². The Bertz CT molecular complexity index is 1140. The third-order valence-electron chi connectivity index (χ3n) is 5.40. The molecule has 0 spiro atoms. The number of amides is 1. The lowest BCUT2D eigenvalue weighted by atomic mass is 10.3. The fourth-order valence-corrected chi connectivity index (χ4v) is 6.66. The van der Waals surface area contributed by atoms with Crippen molar-refractivity contribution in [2.45, 2.75) is 35.7 Å². The number of carbonyl (C=O) groups excluding carboxylic acids is 1. The lowest BCUT2D eigenvalue weighted by Gasteiger charge is -2.23. The normalized spacial score (nSPS) is 15.9. The third kappa shape index (κ3) is 4.77. The van der Waals surface area contributed by atoms with Crippen LogP contribution >= 0.6 is 23.1 Å². The number of hydrogen-bond donors (Lipinski definition) is 0. The topological polar surface area (TPSA) is 83.5 Å². The molecule has 1 aliphatic heterocycles. The van der Waals surface area contributed by atoms with Crippen molar-refractivity contribution in [1.29, 1.82) is 0 Å². The van der Waals surface area contributed by atoms with Crippen molar-refractivity contribution in [3.63, 3.8) is 0 Å². The van der Waals surface area contributed by atoms with Crippen LogP contribution in [0, 0.1) is 0 Å². The minimum absolute atomic E-state index is 0.0349. The smallest absolute Gasteiger partial charge is 0.244 e. The van der Waals surface area contributed by atoms with Crippen LogP contribution in [-0.2, 0) is 14.8 Å². The third-order valence-corrected chi connectivity index (χ3v) is 9.42. The highest BCUT2D eigenvalue weighted by atomic mass is 32.2. The number of thioether (sulfide) groups is 1. The second kappa shape index (κ2) is 9.23. The summed E-state index contributed by atoms with van der Waals surface area (Å²) in [4.78, 5) is 23.5. The molecule has 0 unspecified atom stereocenters. The van der Waals surface area contributed by atoms with Crippen LogP contribution in [0.5, 0.6) is 0 Å². The Balaban J connectivity index is 1.36. The molecule has 31 heavy (non-hydrogen) atoms. The second-order valence-electron chi connectivity index (χ2n) is 7.43. The molecule has 10 heteroatoms. The van der Waals surface area contributed by atoms with Gasteiger partial charge < -0.3 is 4.90 Å². The van der Waals surface area contributed by atoms with Gasteiger partial charge >= 0.3 is 0 Å². The van der Waals surface area contributed by atoms with E-state index in [1.807, 2.05) is 31.2 Å². The Kier molecular flexibility index (Phi) is 6.61. The number of rotatable bonds is 7. The number of sulfonamides is 1. The number of fused-ring (bicyclic) bond motifs is 1. The van der Waals surface area contributed by atoms with Gasteiger partial charge in [0.05, 0.1) is 27.0 Å². The van der Waals surface area contributed by atoms with E-state index in [0.717, 1.165) is 28.1 Å². The first-order chi connectivity index (χ1) is 14.9. The molecule has 3 heterocycles. The van der Waals surface area contributed by atoms with Gasteiger partial charge in [-0.15, -0.1) is 11.3 Å². The van der Waals surface area contributed by atoms with Gasteiger partial charge in [0.2, 0.25) is 15.9 Å². The van der Waals surface area contributed by atoms with E-state index in [-0.39, 0.29) is 22.6 Å². The van der Waals surface area contributed by atoms with E-state index < -0.39 is 10.0 Å². The number of thiazole rings is 1. The minimum atomic E-state index is -3.47. The lowest BCUT2D eigenvalue weighted by molar-refractivity contribution is -0.128. The molecule has 0 N–H and O–H groups in total. The molecule has 0 saturated carbocycles. The summed E-state index contributed by atoms with van der Waals surface area (Å²) in [6, 6.07) is 11.0. The molecule has 1 amide bonds. The van der Waals surface area contributed by atoms with Gasteiger partial charge in [0.1, 0.15) is 9.90 Å². The predicted molar refractivity (Wildman–Crippen MR) is 124 cm³/mol. The number of hydrogen-bond acceptors (Lipinski definition) is 7. The van der Waals surface area contributed by atoms with E-state index >= 15 is 0 Å². The fourth-order valence-electron chi connectivity index (χ4n) is 3.37. The molecule has 4 rings (SSSR count). The molecule has 0 aliphatic carbocycles. The van der Waals surface area contributed by atoms with Gasteiger partial charge in [-0.05, 0) is 44.0 Å². The molecule has 164 valence electrons. The monoisotopic (exact) mass is 476 g/mol. The molecule has 1 aromatic carbocycles. The molecule has 1 saturated heterocycles. The molecule has 1 atom stereocenters. The molecular formula is C21H24N4O3S3. The quantitative estimate of drug-likeness (QED) is 0.483. The van der Waals surface area contributed by atoms with E-state index in [2.05, 4.69) is 9.97 Å². The van der Waals surface area contributed by atoms with E-state index in [4.69, 9.17) is 0 Å². The van der Waals surface area contributed by atoms with Gasteiger partial charge in [0, 0.05) is 26.3 Å². The van der Waals surface area contributed by atoms with E-state index in [1.165, 1.54) is 22.3 Å². The van der Waals surface area contributed by atoms with Crippen molar-refractivity contribution in [2.75, 3.05) is 25.9 Å². The number of para-hydroxylation sites is 1. The van der Waals surface area contributed by atoms with Gasteiger partial charge in [-0.25, -0.2) is 18.4 Å². The maximum atomic E-state index is 12.7. The molecule has 3 aromatic rings. The first kappa shape index (κ1) is 22.2.